The van der Waals surface area contributed by atoms with Crippen LogP contribution in [0.2, 0.25) is 0 Å². The van der Waals surface area contributed by atoms with Crippen molar-refractivity contribution >= 4 is 28.6 Å². The zero-order valence-corrected chi connectivity index (χ0v) is 15.7. The highest BCUT2D eigenvalue weighted by Crippen LogP contribution is 2.20. The quantitative estimate of drug-likeness (QED) is 0.524. The van der Waals surface area contributed by atoms with Gasteiger partial charge in [-0.05, 0) is 35.9 Å². The molecule has 0 fully saturated rings. The first-order valence-corrected chi connectivity index (χ1v) is 9.15. The van der Waals surface area contributed by atoms with Crippen LogP contribution in [0.3, 0.4) is 0 Å². The maximum absolute atomic E-state index is 13.0. The molecule has 7 nitrogen and oxygen atoms in total. The van der Waals surface area contributed by atoms with Crippen LogP contribution < -0.4 is 10.6 Å². The Hall–Kier alpha value is -3.87. The van der Waals surface area contributed by atoms with E-state index in [0.29, 0.717) is 29.1 Å². The molecule has 1 atom stereocenters. The van der Waals surface area contributed by atoms with Crippen LogP contribution in [0.1, 0.15) is 22.0 Å². The number of oxazole rings is 1. The Morgan fingerprint density at radius 2 is 1.90 bits per heavy atom. The van der Waals surface area contributed by atoms with Gasteiger partial charge in [-0.2, -0.15) is 0 Å². The number of benzene rings is 2. The van der Waals surface area contributed by atoms with Crippen LogP contribution in [-0.2, 0) is 11.2 Å². The van der Waals surface area contributed by atoms with Gasteiger partial charge in [-0.3, -0.25) is 9.59 Å². The summed E-state index contributed by atoms with van der Waals surface area (Å²) in [5, 5.41) is 5.60. The number of rotatable bonds is 6. The smallest absolute Gasteiger partial charge is 0.287 e. The maximum atomic E-state index is 13.0. The number of carbonyl (C=O) groups excluding carboxylic acids is 2. The average molecular weight is 389 g/mol. The van der Waals surface area contributed by atoms with Crippen molar-refractivity contribution in [2.75, 3.05) is 5.32 Å². The summed E-state index contributed by atoms with van der Waals surface area (Å²) < 4.78 is 10.6. The number of amides is 2. The van der Waals surface area contributed by atoms with Crippen LogP contribution >= 0.6 is 0 Å². The van der Waals surface area contributed by atoms with Crippen molar-refractivity contribution in [1.82, 2.24) is 10.3 Å². The molecule has 7 heteroatoms. The Balaban J connectivity index is 1.54. The van der Waals surface area contributed by atoms with Crippen LogP contribution in [0.15, 0.2) is 75.8 Å². The van der Waals surface area contributed by atoms with E-state index in [-0.39, 0.29) is 11.7 Å². The fourth-order valence-corrected chi connectivity index (χ4v) is 3.05. The summed E-state index contributed by atoms with van der Waals surface area (Å²) in [6.07, 6.45) is 1.75. The molecule has 2 aromatic heterocycles. The summed E-state index contributed by atoms with van der Waals surface area (Å²) in [5.74, 6) is -0.0894. The summed E-state index contributed by atoms with van der Waals surface area (Å²) in [6.45, 7) is 1.76. The van der Waals surface area contributed by atoms with E-state index in [9.17, 15) is 9.59 Å². The van der Waals surface area contributed by atoms with E-state index >= 15 is 0 Å². The maximum Gasteiger partial charge on any atom is 0.287 e. The minimum absolute atomic E-state index is 0.148. The summed E-state index contributed by atoms with van der Waals surface area (Å²) in [5.41, 5.74) is 2.79. The number of carbonyl (C=O) groups is 2. The Morgan fingerprint density at radius 3 is 2.66 bits per heavy atom. The van der Waals surface area contributed by atoms with Crippen LogP contribution in [0.5, 0.6) is 0 Å². The van der Waals surface area contributed by atoms with Crippen LogP contribution in [0, 0.1) is 6.92 Å². The molecule has 146 valence electrons. The Labute approximate surface area is 166 Å². The number of aromatic nitrogens is 1. The molecule has 0 spiro atoms. The molecule has 4 aromatic rings. The molecule has 0 saturated heterocycles. The highest BCUT2D eigenvalue weighted by Gasteiger charge is 2.23. The van der Waals surface area contributed by atoms with Crippen molar-refractivity contribution in [3.8, 4) is 0 Å². The summed E-state index contributed by atoms with van der Waals surface area (Å²) >= 11 is 0. The molecule has 0 aliphatic heterocycles. The number of nitrogens with zero attached hydrogens (tertiary/aromatic N) is 1. The molecule has 4 rings (SSSR count). The number of hydrogen-bond donors (Lipinski definition) is 2. The molecule has 0 saturated carbocycles. The minimum atomic E-state index is -0.787. The van der Waals surface area contributed by atoms with E-state index < -0.39 is 11.9 Å². The average Bonchev–Trinajstić information content (AvgIpc) is 3.37. The largest absolute Gasteiger partial charge is 0.459 e. The van der Waals surface area contributed by atoms with E-state index in [4.69, 9.17) is 8.83 Å². The standard InChI is InChI=1S/C22H19N3O4/c1-14-23-17-13-16(9-10-19(17)29-14)24-21(26)18(12-15-6-3-2-4-7-15)25-22(27)20-8-5-11-28-20/h2-11,13,18H,12H2,1H3,(H,24,26)(H,25,27)/t18-/m0/s1. The van der Waals surface area contributed by atoms with Crippen LogP contribution in [0.25, 0.3) is 11.1 Å². The minimum Gasteiger partial charge on any atom is -0.459 e. The third-order valence-electron chi connectivity index (χ3n) is 4.41. The zero-order valence-electron chi connectivity index (χ0n) is 15.7. The van der Waals surface area contributed by atoms with Gasteiger partial charge in [0, 0.05) is 19.0 Å². The third-order valence-corrected chi connectivity index (χ3v) is 4.41. The van der Waals surface area contributed by atoms with Crippen molar-refractivity contribution in [3.05, 3.63) is 84.1 Å². The number of furan rings is 1. The lowest BCUT2D eigenvalue weighted by molar-refractivity contribution is -0.118. The first kappa shape index (κ1) is 18.5. The first-order valence-electron chi connectivity index (χ1n) is 9.15. The van der Waals surface area contributed by atoms with Gasteiger partial charge >= 0.3 is 0 Å². The number of hydrogen-bond acceptors (Lipinski definition) is 5. The van der Waals surface area contributed by atoms with Gasteiger partial charge in [0.1, 0.15) is 11.6 Å². The van der Waals surface area contributed by atoms with Gasteiger partial charge in [0.15, 0.2) is 17.2 Å². The van der Waals surface area contributed by atoms with E-state index in [1.165, 1.54) is 6.26 Å². The fourth-order valence-electron chi connectivity index (χ4n) is 3.05. The van der Waals surface area contributed by atoms with Crippen molar-refractivity contribution < 1.29 is 18.4 Å². The summed E-state index contributed by atoms with van der Waals surface area (Å²) in [7, 11) is 0. The molecule has 2 heterocycles. The molecule has 0 aliphatic rings. The Bertz CT molecular complexity index is 1130. The Kier molecular flexibility index (Phi) is 5.11. The number of nitrogens with one attached hydrogen (secondary N) is 2. The molecule has 0 bridgehead atoms. The second-order valence-corrected chi connectivity index (χ2v) is 6.60. The predicted octanol–water partition coefficient (Wildman–Crippen LogP) is 3.71. The fraction of sp³-hybridized carbons (Fsp3) is 0.136. The zero-order chi connectivity index (χ0) is 20.2. The van der Waals surface area contributed by atoms with Gasteiger partial charge in [0.05, 0.1) is 6.26 Å². The van der Waals surface area contributed by atoms with E-state index in [1.54, 1.807) is 37.3 Å². The predicted molar refractivity (Wildman–Crippen MR) is 107 cm³/mol. The molecule has 0 unspecified atom stereocenters. The van der Waals surface area contributed by atoms with Crippen molar-refractivity contribution in [3.63, 3.8) is 0 Å². The van der Waals surface area contributed by atoms with Gasteiger partial charge in [-0.15, -0.1) is 0 Å². The number of aryl methyl sites for hydroxylation is 1. The molecule has 2 N–H and O–H groups in total. The third kappa shape index (κ3) is 4.35. The molecule has 2 amide bonds. The Morgan fingerprint density at radius 1 is 1.07 bits per heavy atom. The second kappa shape index (κ2) is 8.02. The van der Waals surface area contributed by atoms with Crippen molar-refractivity contribution in [2.45, 2.75) is 19.4 Å². The lowest BCUT2D eigenvalue weighted by Crippen LogP contribution is -2.45. The van der Waals surface area contributed by atoms with Crippen molar-refractivity contribution in [2.24, 2.45) is 0 Å². The van der Waals surface area contributed by atoms with Crippen LogP contribution in [-0.4, -0.2) is 22.8 Å². The van der Waals surface area contributed by atoms with Crippen molar-refractivity contribution in [1.29, 1.82) is 0 Å². The summed E-state index contributed by atoms with van der Waals surface area (Å²) in [4.78, 5) is 29.7. The van der Waals surface area contributed by atoms with Gasteiger partial charge in [0.25, 0.3) is 5.91 Å². The molecule has 29 heavy (non-hydrogen) atoms. The SMILES string of the molecule is Cc1nc2cc(NC(=O)[C@H](Cc3ccccc3)NC(=O)c3ccco3)ccc2o1. The summed E-state index contributed by atoms with van der Waals surface area (Å²) in [6, 6.07) is 17.1. The van der Waals surface area contributed by atoms with E-state index in [0.717, 1.165) is 5.56 Å². The van der Waals surface area contributed by atoms with Crippen LogP contribution in [0.4, 0.5) is 5.69 Å². The lowest BCUT2D eigenvalue weighted by atomic mass is 10.0. The molecule has 0 aliphatic carbocycles. The molecule has 0 radical (unpaired) electrons. The van der Waals surface area contributed by atoms with Gasteiger partial charge < -0.3 is 19.5 Å². The van der Waals surface area contributed by atoms with Gasteiger partial charge in [-0.25, -0.2) is 4.98 Å². The van der Waals surface area contributed by atoms with Gasteiger partial charge in [-0.1, -0.05) is 30.3 Å². The number of anilines is 1. The normalized spacial score (nSPS) is 11.9. The van der Waals surface area contributed by atoms with E-state index in [1.807, 2.05) is 30.3 Å². The monoisotopic (exact) mass is 389 g/mol. The topological polar surface area (TPSA) is 97.4 Å². The molecular formula is C22H19N3O4. The lowest BCUT2D eigenvalue weighted by Gasteiger charge is -2.18. The van der Waals surface area contributed by atoms with Gasteiger partial charge in [0.2, 0.25) is 5.91 Å². The number of fused-ring (bicyclic) bond motifs is 1. The molecule has 2 aromatic carbocycles. The second-order valence-electron chi connectivity index (χ2n) is 6.60. The first-order chi connectivity index (χ1) is 14.1. The highest BCUT2D eigenvalue weighted by molar-refractivity contribution is 6.00. The van der Waals surface area contributed by atoms with E-state index in [2.05, 4.69) is 15.6 Å². The molecular weight excluding hydrogens is 370 g/mol. The highest BCUT2D eigenvalue weighted by atomic mass is 16.3.